The van der Waals surface area contributed by atoms with Crippen molar-refractivity contribution in [1.82, 2.24) is 10.3 Å². The number of sulfonamides is 1. The summed E-state index contributed by atoms with van der Waals surface area (Å²) in [6.07, 6.45) is 3.31. The third-order valence-electron chi connectivity index (χ3n) is 2.64. The maximum atomic E-state index is 13.5. The van der Waals surface area contributed by atoms with Crippen molar-refractivity contribution in [3.63, 3.8) is 0 Å². The Balaban J connectivity index is 2.11. The average Bonchev–Trinajstić information content (AvgIpc) is 2.91. The van der Waals surface area contributed by atoms with Gasteiger partial charge in [-0.3, -0.25) is 9.71 Å². The normalized spacial score (nSPS) is 11.5. The van der Waals surface area contributed by atoms with Crippen molar-refractivity contribution in [3.05, 3.63) is 41.3 Å². The molecular formula is C13H16FN3O2S2. The van der Waals surface area contributed by atoms with E-state index >= 15 is 0 Å². The van der Waals surface area contributed by atoms with Gasteiger partial charge in [-0.15, -0.1) is 11.3 Å². The van der Waals surface area contributed by atoms with Gasteiger partial charge in [0.2, 0.25) is 0 Å². The summed E-state index contributed by atoms with van der Waals surface area (Å²) in [5.41, 5.74) is -0.107. The molecule has 0 aliphatic carbocycles. The van der Waals surface area contributed by atoms with Crippen LogP contribution in [0.2, 0.25) is 0 Å². The first-order chi connectivity index (χ1) is 10.0. The summed E-state index contributed by atoms with van der Waals surface area (Å²) in [5.74, 6) is -0.706. The molecule has 2 N–H and O–H groups in total. The zero-order chi connectivity index (χ0) is 15.3. The second-order valence-corrected chi connectivity index (χ2v) is 7.44. The molecule has 21 heavy (non-hydrogen) atoms. The zero-order valence-electron chi connectivity index (χ0n) is 11.5. The molecule has 0 bridgehead atoms. The summed E-state index contributed by atoms with van der Waals surface area (Å²) in [6.45, 7) is 3.56. The second-order valence-electron chi connectivity index (χ2n) is 4.36. The fourth-order valence-electron chi connectivity index (χ4n) is 1.64. The van der Waals surface area contributed by atoms with Crippen molar-refractivity contribution in [3.8, 4) is 0 Å². The molecule has 114 valence electrons. The first-order valence-corrected chi connectivity index (χ1v) is 8.74. The molecule has 8 heteroatoms. The van der Waals surface area contributed by atoms with Gasteiger partial charge in [0.1, 0.15) is 4.21 Å². The summed E-state index contributed by atoms with van der Waals surface area (Å²) in [5, 5.41) is 3.20. The minimum atomic E-state index is -3.77. The summed E-state index contributed by atoms with van der Waals surface area (Å²) >= 11 is 1.16. The highest BCUT2D eigenvalue weighted by atomic mass is 32.2. The van der Waals surface area contributed by atoms with E-state index in [4.69, 9.17) is 0 Å². The van der Waals surface area contributed by atoms with E-state index in [-0.39, 0.29) is 9.90 Å². The van der Waals surface area contributed by atoms with Gasteiger partial charge in [-0.1, -0.05) is 6.92 Å². The molecule has 0 amide bonds. The Morgan fingerprint density at radius 2 is 2.14 bits per heavy atom. The fourth-order valence-corrected chi connectivity index (χ4v) is 4.03. The molecule has 0 fully saturated rings. The summed E-state index contributed by atoms with van der Waals surface area (Å²) in [4.78, 5) is 4.49. The summed E-state index contributed by atoms with van der Waals surface area (Å²) < 4.78 is 40.2. The molecule has 0 spiro atoms. The van der Waals surface area contributed by atoms with E-state index in [2.05, 4.69) is 21.9 Å². The average molecular weight is 329 g/mol. The van der Waals surface area contributed by atoms with Gasteiger partial charge in [-0.25, -0.2) is 12.8 Å². The van der Waals surface area contributed by atoms with Gasteiger partial charge in [-0.05, 0) is 31.2 Å². The van der Waals surface area contributed by atoms with Crippen LogP contribution in [0.4, 0.5) is 10.1 Å². The van der Waals surface area contributed by atoms with Crippen LogP contribution in [0.1, 0.15) is 18.2 Å². The first kappa shape index (κ1) is 15.9. The van der Waals surface area contributed by atoms with Crippen molar-refractivity contribution >= 4 is 27.0 Å². The van der Waals surface area contributed by atoms with Crippen molar-refractivity contribution in [2.75, 3.05) is 11.3 Å². The molecule has 0 saturated heterocycles. The Morgan fingerprint density at radius 1 is 1.33 bits per heavy atom. The van der Waals surface area contributed by atoms with Crippen LogP contribution in [0.3, 0.4) is 0 Å². The van der Waals surface area contributed by atoms with Crippen molar-refractivity contribution < 1.29 is 12.8 Å². The number of thiophene rings is 1. The van der Waals surface area contributed by atoms with Crippen molar-refractivity contribution in [2.24, 2.45) is 0 Å². The van der Waals surface area contributed by atoms with Crippen LogP contribution in [0, 0.1) is 5.82 Å². The molecule has 2 aromatic heterocycles. The number of pyridine rings is 1. The molecule has 0 aliphatic rings. The minimum Gasteiger partial charge on any atom is -0.312 e. The van der Waals surface area contributed by atoms with E-state index in [0.717, 1.165) is 35.4 Å². The molecule has 0 atom stereocenters. The van der Waals surface area contributed by atoms with Gasteiger partial charge in [0.15, 0.2) is 5.82 Å². The predicted molar refractivity (Wildman–Crippen MR) is 81.3 cm³/mol. The Hall–Kier alpha value is -1.51. The first-order valence-electron chi connectivity index (χ1n) is 6.44. The number of nitrogens with zero attached hydrogens (tertiary/aromatic N) is 1. The molecule has 0 aliphatic heterocycles. The third kappa shape index (κ3) is 4.23. The molecule has 0 saturated carbocycles. The van der Waals surface area contributed by atoms with Gasteiger partial charge < -0.3 is 5.32 Å². The monoisotopic (exact) mass is 329 g/mol. The van der Waals surface area contributed by atoms with Crippen LogP contribution in [0.15, 0.2) is 34.8 Å². The Kier molecular flexibility index (Phi) is 5.27. The van der Waals surface area contributed by atoms with Gasteiger partial charge in [0.25, 0.3) is 10.0 Å². The van der Waals surface area contributed by atoms with Crippen molar-refractivity contribution in [2.45, 2.75) is 24.1 Å². The lowest BCUT2D eigenvalue weighted by Crippen LogP contribution is -2.13. The smallest absolute Gasteiger partial charge is 0.271 e. The fraction of sp³-hybridized carbons (Fsp3) is 0.308. The molecule has 0 unspecified atom stereocenters. The summed E-state index contributed by atoms with van der Waals surface area (Å²) in [6, 6.07) is 4.56. The van der Waals surface area contributed by atoms with Gasteiger partial charge in [-0.2, -0.15) is 0 Å². The van der Waals surface area contributed by atoms with Gasteiger partial charge in [0.05, 0.1) is 11.9 Å². The topological polar surface area (TPSA) is 71.1 Å². The van der Waals surface area contributed by atoms with Crippen LogP contribution in [0.5, 0.6) is 0 Å². The van der Waals surface area contributed by atoms with Gasteiger partial charge in [0, 0.05) is 17.6 Å². The molecule has 2 heterocycles. The quantitative estimate of drug-likeness (QED) is 0.766. The maximum absolute atomic E-state index is 13.5. The molecule has 5 nitrogen and oxygen atoms in total. The van der Waals surface area contributed by atoms with Crippen LogP contribution in [-0.4, -0.2) is 19.9 Å². The molecule has 2 aromatic rings. The molecule has 2 rings (SSSR count). The van der Waals surface area contributed by atoms with E-state index in [9.17, 15) is 12.8 Å². The van der Waals surface area contributed by atoms with Crippen LogP contribution in [-0.2, 0) is 16.6 Å². The number of rotatable bonds is 7. The zero-order valence-corrected chi connectivity index (χ0v) is 13.1. The Bertz CT molecular complexity index is 701. The minimum absolute atomic E-state index is 0.107. The number of halogens is 1. The third-order valence-corrected chi connectivity index (χ3v) is 5.59. The lowest BCUT2D eigenvalue weighted by molar-refractivity contribution is 0.599. The maximum Gasteiger partial charge on any atom is 0.271 e. The molecule has 0 radical (unpaired) electrons. The van der Waals surface area contributed by atoms with E-state index < -0.39 is 15.8 Å². The Morgan fingerprint density at radius 3 is 2.86 bits per heavy atom. The number of anilines is 1. The highest BCUT2D eigenvalue weighted by Crippen LogP contribution is 2.24. The molecule has 0 aromatic carbocycles. The van der Waals surface area contributed by atoms with E-state index in [1.54, 1.807) is 6.07 Å². The number of hydrogen-bond acceptors (Lipinski definition) is 5. The van der Waals surface area contributed by atoms with Crippen LogP contribution in [0.25, 0.3) is 0 Å². The Labute approximate surface area is 127 Å². The van der Waals surface area contributed by atoms with E-state index in [1.807, 2.05) is 0 Å². The number of aromatic nitrogens is 1. The standard InChI is InChI=1S/C13H16FN3O2S2/c1-2-6-15-8-10-3-4-13(20-10)21(18,19)17-12-5-7-16-9-11(12)14/h3-5,7,9,15H,2,6,8H2,1H3,(H,16,17). The van der Waals surface area contributed by atoms with Gasteiger partial charge >= 0.3 is 0 Å². The number of nitrogens with one attached hydrogen (secondary N) is 2. The largest absolute Gasteiger partial charge is 0.312 e. The lowest BCUT2D eigenvalue weighted by atomic mass is 10.4. The molecular weight excluding hydrogens is 313 g/mol. The predicted octanol–water partition coefficient (Wildman–Crippen LogP) is 2.58. The number of hydrogen-bond donors (Lipinski definition) is 2. The lowest BCUT2D eigenvalue weighted by Gasteiger charge is -2.06. The summed E-state index contributed by atoms with van der Waals surface area (Å²) in [7, 11) is -3.77. The van der Waals surface area contributed by atoms with Crippen LogP contribution >= 0.6 is 11.3 Å². The highest BCUT2D eigenvalue weighted by molar-refractivity contribution is 7.94. The van der Waals surface area contributed by atoms with Crippen molar-refractivity contribution in [1.29, 1.82) is 0 Å². The van der Waals surface area contributed by atoms with E-state index in [1.165, 1.54) is 18.3 Å². The van der Waals surface area contributed by atoms with Crippen LogP contribution < -0.4 is 10.0 Å². The SMILES string of the molecule is CCCNCc1ccc(S(=O)(=O)Nc2ccncc2F)s1. The second kappa shape index (κ2) is 6.97. The van der Waals surface area contributed by atoms with E-state index in [0.29, 0.717) is 6.54 Å². The highest BCUT2D eigenvalue weighted by Gasteiger charge is 2.18.